The van der Waals surface area contributed by atoms with Gasteiger partial charge in [0.25, 0.3) is 0 Å². The zero-order valence-electron chi connectivity index (χ0n) is 20.9. The molecule has 2 aliphatic heterocycles. The SMILES string of the molecule is CC(=O)N1CC(C(=O)O)CN2CCN(Cc3cccc(C)n3)CC2C1.O=C(O)C(F)(F)F.O=C(O)C(F)(F)F. The maximum Gasteiger partial charge on any atom is 0.490 e. The molecule has 11 nitrogen and oxygen atoms in total. The summed E-state index contributed by atoms with van der Waals surface area (Å²) in [6.07, 6.45) is -10.2. The van der Waals surface area contributed by atoms with Crippen LogP contribution in [0.5, 0.6) is 0 Å². The number of aryl methyl sites for hydroxylation is 1. The van der Waals surface area contributed by atoms with E-state index in [4.69, 9.17) is 19.8 Å². The van der Waals surface area contributed by atoms with Gasteiger partial charge in [-0.15, -0.1) is 0 Å². The third-order valence-corrected chi connectivity index (χ3v) is 5.63. The number of pyridine rings is 1. The summed E-state index contributed by atoms with van der Waals surface area (Å²) in [5, 5.41) is 23.7. The van der Waals surface area contributed by atoms with E-state index in [1.54, 1.807) is 4.90 Å². The number of hydrogen-bond donors (Lipinski definition) is 3. The normalized spacial score (nSPS) is 20.3. The first-order valence-corrected chi connectivity index (χ1v) is 11.3. The molecule has 17 heteroatoms. The van der Waals surface area contributed by atoms with Crippen molar-refractivity contribution >= 4 is 23.8 Å². The summed E-state index contributed by atoms with van der Waals surface area (Å²) in [4.78, 5) is 52.0. The second-order valence-corrected chi connectivity index (χ2v) is 8.72. The van der Waals surface area contributed by atoms with Crippen LogP contribution in [-0.2, 0) is 25.7 Å². The summed E-state index contributed by atoms with van der Waals surface area (Å²) in [6.45, 7) is 8.24. The largest absolute Gasteiger partial charge is 0.490 e. The van der Waals surface area contributed by atoms with Gasteiger partial charge in [-0.1, -0.05) is 6.07 Å². The summed E-state index contributed by atoms with van der Waals surface area (Å²) in [6, 6.07) is 6.22. The molecule has 2 atom stereocenters. The number of rotatable bonds is 3. The number of piperazine rings is 1. The molecule has 0 bridgehead atoms. The van der Waals surface area contributed by atoms with Crippen LogP contribution in [0.1, 0.15) is 18.3 Å². The number of nitrogens with zero attached hydrogens (tertiary/aromatic N) is 4. The number of amides is 1. The van der Waals surface area contributed by atoms with Gasteiger partial charge < -0.3 is 20.2 Å². The van der Waals surface area contributed by atoms with Crippen molar-refractivity contribution < 1.29 is 60.8 Å². The summed E-state index contributed by atoms with van der Waals surface area (Å²) < 4.78 is 63.5. The van der Waals surface area contributed by atoms with Crippen LogP contribution in [0.2, 0.25) is 0 Å². The van der Waals surface area contributed by atoms with E-state index in [9.17, 15) is 41.0 Å². The minimum Gasteiger partial charge on any atom is -0.481 e. The monoisotopic (exact) mass is 574 g/mol. The molecule has 0 saturated carbocycles. The van der Waals surface area contributed by atoms with Gasteiger partial charge in [-0.25, -0.2) is 9.59 Å². The van der Waals surface area contributed by atoms with Crippen molar-refractivity contribution in [2.75, 3.05) is 39.3 Å². The predicted molar refractivity (Wildman–Crippen MR) is 120 cm³/mol. The molecule has 2 unspecified atom stereocenters. The fourth-order valence-electron chi connectivity index (χ4n) is 3.78. The molecular formula is C22H28F6N4O7. The molecular weight excluding hydrogens is 546 g/mol. The van der Waals surface area contributed by atoms with Gasteiger partial charge in [-0.3, -0.25) is 24.4 Å². The maximum absolute atomic E-state index is 11.9. The first kappa shape index (κ1) is 33.6. The van der Waals surface area contributed by atoms with Gasteiger partial charge in [0.15, 0.2) is 0 Å². The molecule has 0 spiro atoms. The molecule has 1 amide bonds. The fourth-order valence-corrected chi connectivity index (χ4v) is 3.78. The van der Waals surface area contributed by atoms with Gasteiger partial charge in [0.1, 0.15) is 0 Å². The van der Waals surface area contributed by atoms with Crippen molar-refractivity contribution in [2.45, 2.75) is 38.8 Å². The third kappa shape index (κ3) is 11.8. The van der Waals surface area contributed by atoms with E-state index in [2.05, 4.69) is 14.8 Å². The number of carbonyl (C=O) groups is 4. The molecule has 3 heterocycles. The lowest BCUT2D eigenvalue weighted by Crippen LogP contribution is -2.55. The van der Waals surface area contributed by atoms with Crippen LogP contribution in [-0.4, -0.2) is 116 Å². The lowest BCUT2D eigenvalue weighted by atomic mass is 10.1. The molecule has 1 aromatic heterocycles. The number of aliphatic carboxylic acids is 3. The molecule has 0 aromatic carbocycles. The summed E-state index contributed by atoms with van der Waals surface area (Å²) in [5.41, 5.74) is 2.06. The van der Waals surface area contributed by atoms with Gasteiger partial charge in [0.05, 0.1) is 11.6 Å². The Hall–Kier alpha value is -3.47. The number of alkyl halides is 6. The second-order valence-electron chi connectivity index (χ2n) is 8.72. The first-order valence-electron chi connectivity index (χ1n) is 11.3. The van der Waals surface area contributed by atoms with Crippen LogP contribution in [0.3, 0.4) is 0 Å². The molecule has 220 valence electrons. The van der Waals surface area contributed by atoms with Gasteiger partial charge in [-0.05, 0) is 19.1 Å². The maximum atomic E-state index is 11.9. The summed E-state index contributed by atoms with van der Waals surface area (Å²) >= 11 is 0. The number of carboxylic acids is 3. The van der Waals surface area contributed by atoms with E-state index >= 15 is 0 Å². The van der Waals surface area contributed by atoms with Crippen molar-refractivity contribution in [3.05, 3.63) is 29.6 Å². The Morgan fingerprint density at radius 1 is 0.897 bits per heavy atom. The Balaban J connectivity index is 0.000000449. The van der Waals surface area contributed by atoms with Crippen molar-refractivity contribution in [1.29, 1.82) is 0 Å². The molecule has 0 radical (unpaired) electrons. The highest BCUT2D eigenvalue weighted by Crippen LogP contribution is 2.20. The molecule has 0 aliphatic carbocycles. The molecule has 2 saturated heterocycles. The topological polar surface area (TPSA) is 152 Å². The van der Waals surface area contributed by atoms with Crippen LogP contribution in [0.15, 0.2) is 18.2 Å². The van der Waals surface area contributed by atoms with Gasteiger partial charge >= 0.3 is 30.3 Å². The smallest absolute Gasteiger partial charge is 0.481 e. The fraction of sp³-hybridized carbons (Fsp3) is 0.591. The average Bonchev–Trinajstić information content (AvgIpc) is 2.98. The molecule has 2 aliphatic rings. The highest BCUT2D eigenvalue weighted by Gasteiger charge is 2.39. The Morgan fingerprint density at radius 2 is 1.44 bits per heavy atom. The number of aromatic nitrogens is 1. The molecule has 3 N–H and O–H groups in total. The molecule has 39 heavy (non-hydrogen) atoms. The van der Waals surface area contributed by atoms with Crippen molar-refractivity contribution in [1.82, 2.24) is 19.7 Å². The van der Waals surface area contributed by atoms with E-state index in [0.717, 1.165) is 37.6 Å². The zero-order chi connectivity index (χ0) is 30.1. The van der Waals surface area contributed by atoms with Gasteiger partial charge in [0, 0.05) is 64.5 Å². The van der Waals surface area contributed by atoms with E-state index in [0.29, 0.717) is 19.6 Å². The highest BCUT2D eigenvalue weighted by molar-refractivity contribution is 5.76. The van der Waals surface area contributed by atoms with E-state index in [1.807, 2.05) is 25.1 Å². The number of carbonyl (C=O) groups excluding carboxylic acids is 1. The van der Waals surface area contributed by atoms with Crippen LogP contribution >= 0.6 is 0 Å². The minimum absolute atomic E-state index is 0.0504. The quantitative estimate of drug-likeness (QED) is 0.455. The zero-order valence-corrected chi connectivity index (χ0v) is 20.9. The Labute approximate surface area is 218 Å². The van der Waals surface area contributed by atoms with Gasteiger partial charge in [-0.2, -0.15) is 26.3 Å². The van der Waals surface area contributed by atoms with E-state index < -0.39 is 36.2 Å². The summed E-state index contributed by atoms with van der Waals surface area (Å²) in [7, 11) is 0. The Bertz CT molecular complexity index is 997. The lowest BCUT2D eigenvalue weighted by Gasteiger charge is -2.41. The lowest BCUT2D eigenvalue weighted by molar-refractivity contribution is -0.193. The highest BCUT2D eigenvalue weighted by atomic mass is 19.4. The third-order valence-electron chi connectivity index (χ3n) is 5.63. The predicted octanol–water partition coefficient (Wildman–Crippen LogP) is 1.71. The standard InChI is InChI=1S/C18H26N4O3.2C2HF3O2/c1-13-4-3-5-16(19-13)10-20-6-7-21-8-15(18(24)25)9-22(14(2)23)12-17(21)11-20;2*3-2(4,5)1(6)7/h3-5,15,17H,6-12H2,1-2H3,(H,24,25);2*(H,6,7). The average molecular weight is 574 g/mol. The Morgan fingerprint density at radius 3 is 1.87 bits per heavy atom. The number of carboxylic acid groups (broad SMARTS) is 3. The van der Waals surface area contributed by atoms with Crippen LogP contribution in [0.25, 0.3) is 0 Å². The van der Waals surface area contributed by atoms with Gasteiger partial charge in [0.2, 0.25) is 5.91 Å². The molecule has 1 aromatic rings. The van der Waals surface area contributed by atoms with Crippen LogP contribution in [0, 0.1) is 12.8 Å². The number of fused-ring (bicyclic) bond motifs is 1. The summed E-state index contributed by atoms with van der Waals surface area (Å²) in [5.74, 6) is -6.90. The number of hydrogen-bond acceptors (Lipinski definition) is 7. The number of halogens is 6. The van der Waals surface area contributed by atoms with Crippen LogP contribution < -0.4 is 0 Å². The second kappa shape index (κ2) is 14.1. The van der Waals surface area contributed by atoms with Crippen molar-refractivity contribution in [3.8, 4) is 0 Å². The van der Waals surface area contributed by atoms with Crippen molar-refractivity contribution in [2.24, 2.45) is 5.92 Å². The van der Waals surface area contributed by atoms with Crippen molar-refractivity contribution in [3.63, 3.8) is 0 Å². The van der Waals surface area contributed by atoms with Crippen LogP contribution in [0.4, 0.5) is 26.3 Å². The molecule has 3 rings (SSSR count). The van der Waals surface area contributed by atoms with E-state index in [-0.39, 0.29) is 11.9 Å². The van der Waals surface area contributed by atoms with E-state index in [1.165, 1.54) is 6.92 Å². The Kier molecular flexibility index (Phi) is 12.1. The minimum atomic E-state index is -5.08. The molecule has 2 fully saturated rings. The first-order chi connectivity index (χ1) is 17.8.